The minimum absolute atomic E-state index is 0.148. The molecule has 0 spiro atoms. The number of carbonyl (C=O) groups is 2. The van der Waals surface area contributed by atoms with Gasteiger partial charge in [-0.15, -0.1) is 22.0 Å². The number of non-ortho nitro benzene ring substituents is 1. The Balaban J connectivity index is 1.58. The summed E-state index contributed by atoms with van der Waals surface area (Å²) in [7, 11) is 0. The summed E-state index contributed by atoms with van der Waals surface area (Å²) in [6, 6.07) is 12.5. The minimum Gasteiger partial charge on any atom is -0.322 e. The Kier molecular flexibility index (Phi) is 6.75. The van der Waals surface area contributed by atoms with E-state index in [0.717, 1.165) is 9.90 Å². The van der Waals surface area contributed by atoms with Crippen LogP contribution in [0.2, 0.25) is 0 Å². The quantitative estimate of drug-likeness (QED) is 0.319. The van der Waals surface area contributed by atoms with E-state index in [0.29, 0.717) is 10.8 Å². The molecule has 1 heterocycles. The van der Waals surface area contributed by atoms with Crippen molar-refractivity contribution in [3.63, 3.8) is 0 Å². The van der Waals surface area contributed by atoms with E-state index < -0.39 is 10.8 Å². The number of anilines is 2. The average Bonchev–Trinajstić information content (AvgIpc) is 3.14. The number of nitro groups is 1. The maximum Gasteiger partial charge on any atom is 0.270 e. The monoisotopic (exact) mass is 443 g/mol. The number of hydrogen-bond acceptors (Lipinski definition) is 8. The van der Waals surface area contributed by atoms with Crippen molar-refractivity contribution in [1.82, 2.24) is 10.2 Å². The number of aryl methyl sites for hydroxylation is 1. The number of nitrogens with zero attached hydrogens (tertiary/aromatic N) is 3. The summed E-state index contributed by atoms with van der Waals surface area (Å²) in [6.45, 7) is 3.59. The highest BCUT2D eigenvalue weighted by Gasteiger charge is 2.17. The molecule has 0 saturated heterocycles. The summed E-state index contributed by atoms with van der Waals surface area (Å²) >= 11 is 2.67. The highest BCUT2D eigenvalue weighted by molar-refractivity contribution is 8.00. The van der Waals surface area contributed by atoms with E-state index in [1.165, 1.54) is 47.4 Å². The second-order valence-corrected chi connectivity index (χ2v) is 8.76. The van der Waals surface area contributed by atoms with Gasteiger partial charge in [-0.3, -0.25) is 25.0 Å². The van der Waals surface area contributed by atoms with E-state index in [1.807, 2.05) is 6.92 Å². The van der Waals surface area contributed by atoms with Gasteiger partial charge in [0.2, 0.25) is 11.0 Å². The smallest absolute Gasteiger partial charge is 0.270 e. The molecule has 9 nitrogen and oxygen atoms in total. The Bertz CT molecular complexity index is 1080. The van der Waals surface area contributed by atoms with Crippen molar-refractivity contribution in [2.24, 2.45) is 0 Å². The maximum absolute atomic E-state index is 12.3. The molecule has 0 aliphatic rings. The summed E-state index contributed by atoms with van der Waals surface area (Å²) in [4.78, 5) is 35.7. The Hall–Kier alpha value is -3.31. The number of nitrogens with one attached hydrogen (secondary N) is 2. The topological polar surface area (TPSA) is 127 Å². The predicted octanol–water partition coefficient (Wildman–Crippen LogP) is 4.13. The molecule has 2 N–H and O–H groups in total. The molecular weight excluding hydrogens is 426 g/mol. The first-order valence-corrected chi connectivity index (χ1v) is 10.4. The van der Waals surface area contributed by atoms with Crippen LogP contribution in [0.1, 0.15) is 22.3 Å². The number of benzene rings is 2. The lowest BCUT2D eigenvalue weighted by atomic mass is 10.2. The number of hydrogen-bond donors (Lipinski definition) is 2. The van der Waals surface area contributed by atoms with Gasteiger partial charge in [0.05, 0.1) is 10.2 Å². The summed E-state index contributed by atoms with van der Waals surface area (Å²) < 4.78 is 0. The molecule has 2 amide bonds. The van der Waals surface area contributed by atoms with Gasteiger partial charge in [-0.05, 0) is 44.2 Å². The molecule has 0 saturated carbocycles. The Morgan fingerprint density at radius 1 is 1.13 bits per heavy atom. The van der Waals surface area contributed by atoms with Crippen LogP contribution in [0.4, 0.5) is 16.5 Å². The first-order chi connectivity index (χ1) is 14.3. The second kappa shape index (κ2) is 9.46. The molecule has 0 aliphatic heterocycles. The molecule has 2 aromatic carbocycles. The van der Waals surface area contributed by atoms with Crippen LogP contribution in [0.15, 0.2) is 53.4 Å². The van der Waals surface area contributed by atoms with Gasteiger partial charge in [0.25, 0.3) is 11.6 Å². The van der Waals surface area contributed by atoms with Gasteiger partial charge in [-0.2, -0.15) is 0 Å². The van der Waals surface area contributed by atoms with Gasteiger partial charge in [0.15, 0.2) is 0 Å². The maximum atomic E-state index is 12.3. The summed E-state index contributed by atoms with van der Waals surface area (Å²) in [5.41, 5.74) is 0.586. The number of aromatic nitrogens is 2. The lowest BCUT2D eigenvalue weighted by Gasteiger charge is -2.11. The highest BCUT2D eigenvalue weighted by Crippen LogP contribution is 2.26. The van der Waals surface area contributed by atoms with E-state index >= 15 is 0 Å². The Morgan fingerprint density at radius 2 is 1.87 bits per heavy atom. The molecule has 1 unspecified atom stereocenters. The molecule has 154 valence electrons. The molecule has 1 atom stereocenters. The molecule has 0 bridgehead atoms. The number of carbonyl (C=O) groups excluding carboxylic acids is 2. The summed E-state index contributed by atoms with van der Waals surface area (Å²) in [5.74, 6) is -0.626. The zero-order valence-electron chi connectivity index (χ0n) is 16.0. The van der Waals surface area contributed by atoms with E-state index in [1.54, 1.807) is 31.2 Å². The molecule has 0 fully saturated rings. The molecule has 1 aromatic heterocycles. The average molecular weight is 444 g/mol. The molecular formula is C19H17N5O4S2. The SMILES string of the molecule is Cc1nnc(NC(=O)C(C)Sc2ccc(NC(=O)c3cccc([N+](=O)[O-])c3)cc2)s1. The molecule has 0 aliphatic carbocycles. The van der Waals surface area contributed by atoms with E-state index in [4.69, 9.17) is 0 Å². The lowest BCUT2D eigenvalue weighted by molar-refractivity contribution is -0.384. The lowest BCUT2D eigenvalue weighted by Crippen LogP contribution is -2.22. The first-order valence-electron chi connectivity index (χ1n) is 8.75. The predicted molar refractivity (Wildman–Crippen MR) is 116 cm³/mol. The second-order valence-electron chi connectivity index (χ2n) is 6.16. The third-order valence-corrected chi connectivity index (χ3v) is 5.74. The molecule has 3 aromatic rings. The number of nitro benzene ring substituents is 1. The molecule has 11 heteroatoms. The largest absolute Gasteiger partial charge is 0.322 e. The fraction of sp³-hybridized carbons (Fsp3) is 0.158. The zero-order valence-corrected chi connectivity index (χ0v) is 17.6. The fourth-order valence-electron chi connectivity index (χ4n) is 2.39. The third-order valence-electron chi connectivity index (χ3n) is 3.87. The van der Waals surface area contributed by atoms with Crippen LogP contribution in [-0.2, 0) is 4.79 Å². The van der Waals surface area contributed by atoms with Gasteiger partial charge >= 0.3 is 0 Å². The summed E-state index contributed by atoms with van der Waals surface area (Å²) in [6.07, 6.45) is 0. The minimum atomic E-state index is -0.549. The van der Waals surface area contributed by atoms with Gasteiger partial charge in [-0.25, -0.2) is 0 Å². The van der Waals surface area contributed by atoms with Gasteiger partial charge in [0, 0.05) is 28.3 Å². The van der Waals surface area contributed by atoms with Crippen LogP contribution < -0.4 is 10.6 Å². The van der Waals surface area contributed by atoms with Crippen LogP contribution in [0, 0.1) is 17.0 Å². The molecule has 3 rings (SSSR count). The van der Waals surface area contributed by atoms with Gasteiger partial charge < -0.3 is 5.32 Å². The van der Waals surface area contributed by atoms with Crippen LogP contribution in [-0.4, -0.2) is 32.2 Å². The third kappa shape index (κ3) is 5.61. The highest BCUT2D eigenvalue weighted by atomic mass is 32.2. The normalized spacial score (nSPS) is 11.5. The van der Waals surface area contributed by atoms with Crippen molar-refractivity contribution in [3.05, 3.63) is 69.2 Å². The van der Waals surface area contributed by atoms with Gasteiger partial charge in [0.1, 0.15) is 5.01 Å². The Labute approximate surface area is 180 Å². The molecule has 30 heavy (non-hydrogen) atoms. The molecule has 0 radical (unpaired) electrons. The van der Waals surface area contributed by atoms with Crippen LogP contribution in [0.3, 0.4) is 0 Å². The zero-order chi connectivity index (χ0) is 21.7. The summed E-state index contributed by atoms with van der Waals surface area (Å²) in [5, 5.41) is 24.9. The van der Waals surface area contributed by atoms with Crippen LogP contribution >= 0.6 is 23.1 Å². The van der Waals surface area contributed by atoms with E-state index in [2.05, 4.69) is 20.8 Å². The van der Waals surface area contributed by atoms with Crippen LogP contribution in [0.25, 0.3) is 0 Å². The first kappa shape index (κ1) is 21.4. The standard InChI is InChI=1S/C19H17N5O4S2/c1-11(17(25)21-19-23-22-12(2)30-19)29-16-8-6-14(7-9-16)20-18(26)13-4-3-5-15(10-13)24(27)28/h3-11H,1-2H3,(H,20,26)(H,21,23,25). The van der Waals surface area contributed by atoms with Crippen molar-refractivity contribution in [2.45, 2.75) is 24.0 Å². The van der Waals surface area contributed by atoms with Crippen molar-refractivity contribution in [2.75, 3.05) is 10.6 Å². The van der Waals surface area contributed by atoms with Gasteiger partial charge in [-0.1, -0.05) is 17.4 Å². The van der Waals surface area contributed by atoms with Crippen molar-refractivity contribution < 1.29 is 14.5 Å². The number of amides is 2. The van der Waals surface area contributed by atoms with Crippen LogP contribution in [0.5, 0.6) is 0 Å². The fourth-order valence-corrected chi connectivity index (χ4v) is 3.85. The van der Waals surface area contributed by atoms with Crippen molar-refractivity contribution >= 4 is 51.4 Å². The Morgan fingerprint density at radius 3 is 2.50 bits per heavy atom. The number of thioether (sulfide) groups is 1. The van der Waals surface area contributed by atoms with E-state index in [9.17, 15) is 19.7 Å². The van der Waals surface area contributed by atoms with Crippen molar-refractivity contribution in [3.8, 4) is 0 Å². The van der Waals surface area contributed by atoms with E-state index in [-0.39, 0.29) is 22.4 Å². The number of rotatable bonds is 7. The van der Waals surface area contributed by atoms with Crippen molar-refractivity contribution in [1.29, 1.82) is 0 Å².